The largest absolute Gasteiger partial charge is 0.497 e. The van der Waals surface area contributed by atoms with Gasteiger partial charge in [-0.3, -0.25) is 14.5 Å². The molecule has 0 radical (unpaired) electrons. The van der Waals surface area contributed by atoms with E-state index in [2.05, 4.69) is 9.71 Å². The lowest BCUT2D eigenvalue weighted by Gasteiger charge is -2.13. The van der Waals surface area contributed by atoms with Gasteiger partial charge in [0, 0.05) is 24.7 Å². The number of thioether (sulfide) groups is 1. The Balaban J connectivity index is 1.75. The molecule has 170 valence electrons. The van der Waals surface area contributed by atoms with Gasteiger partial charge >= 0.3 is 0 Å². The fraction of sp³-hybridized carbons (Fsp3) is 0.318. The van der Waals surface area contributed by atoms with Gasteiger partial charge in [-0.1, -0.05) is 36.9 Å². The third-order valence-electron chi connectivity index (χ3n) is 4.89. The Morgan fingerprint density at radius 2 is 1.91 bits per heavy atom. The summed E-state index contributed by atoms with van der Waals surface area (Å²) in [6, 6.07) is 13.4. The summed E-state index contributed by atoms with van der Waals surface area (Å²) < 4.78 is 34.6. The first-order valence-electron chi connectivity index (χ1n) is 10.1. The molecule has 8 nitrogen and oxygen atoms in total. The molecule has 1 fully saturated rings. The molecule has 2 amide bonds. The lowest BCUT2D eigenvalue weighted by Crippen LogP contribution is -2.33. The molecule has 1 aliphatic heterocycles. The third kappa shape index (κ3) is 5.49. The van der Waals surface area contributed by atoms with Crippen LogP contribution in [0.3, 0.4) is 0 Å². The van der Waals surface area contributed by atoms with Crippen LogP contribution in [0, 0.1) is 0 Å². The van der Waals surface area contributed by atoms with E-state index in [1.165, 1.54) is 24.1 Å². The minimum atomic E-state index is -3.98. The average molecular weight is 476 g/mol. The molecule has 1 saturated heterocycles. The third-order valence-corrected chi connectivity index (χ3v) is 7.46. The standard InChI is InChI=1S/C22H25N3O5S2/c1-4-15-9-11-18(12-10-15)32(28,29)24-22-25(5-2)21(27)19(31-22)14-20(26)23-16-7-6-8-17(13-16)30-3/h6-13,19H,4-5,14H2,1-3H3,(H,23,26)/b24-22+. The number of carbonyl (C=O) groups is 2. The quantitative estimate of drug-likeness (QED) is 0.628. The van der Waals surface area contributed by atoms with E-state index in [0.29, 0.717) is 11.4 Å². The Hall–Kier alpha value is -2.85. The highest BCUT2D eigenvalue weighted by molar-refractivity contribution is 8.16. The van der Waals surface area contributed by atoms with E-state index in [4.69, 9.17) is 4.74 Å². The second-order valence-electron chi connectivity index (χ2n) is 7.02. The van der Waals surface area contributed by atoms with Crippen molar-refractivity contribution in [2.45, 2.75) is 36.8 Å². The number of anilines is 1. The van der Waals surface area contributed by atoms with Crippen molar-refractivity contribution in [1.82, 2.24) is 4.90 Å². The van der Waals surface area contributed by atoms with Gasteiger partial charge in [0.15, 0.2) is 5.17 Å². The van der Waals surface area contributed by atoms with Gasteiger partial charge < -0.3 is 10.1 Å². The minimum Gasteiger partial charge on any atom is -0.497 e. The predicted molar refractivity (Wildman–Crippen MR) is 125 cm³/mol. The van der Waals surface area contributed by atoms with Crippen molar-refractivity contribution in [2.75, 3.05) is 19.0 Å². The van der Waals surface area contributed by atoms with Crippen LogP contribution in [-0.4, -0.2) is 49.2 Å². The van der Waals surface area contributed by atoms with Crippen LogP contribution in [0.1, 0.15) is 25.8 Å². The summed E-state index contributed by atoms with van der Waals surface area (Å²) in [7, 11) is -2.46. The molecule has 1 aliphatic rings. The maximum absolute atomic E-state index is 12.8. The second-order valence-corrected chi connectivity index (χ2v) is 9.79. The van der Waals surface area contributed by atoms with E-state index in [9.17, 15) is 18.0 Å². The van der Waals surface area contributed by atoms with E-state index < -0.39 is 15.3 Å². The van der Waals surface area contributed by atoms with Crippen LogP contribution in [0.4, 0.5) is 5.69 Å². The maximum Gasteiger partial charge on any atom is 0.284 e. The zero-order chi connectivity index (χ0) is 23.3. The Kier molecular flexibility index (Phi) is 7.57. The van der Waals surface area contributed by atoms with E-state index >= 15 is 0 Å². The smallest absolute Gasteiger partial charge is 0.284 e. The number of hydrogen-bond donors (Lipinski definition) is 1. The van der Waals surface area contributed by atoms with Gasteiger partial charge in [-0.05, 0) is 43.2 Å². The Labute approximate surface area is 192 Å². The number of amides is 2. The zero-order valence-corrected chi connectivity index (χ0v) is 19.7. The molecule has 1 unspecified atom stereocenters. The van der Waals surface area contributed by atoms with Crippen LogP contribution in [0.2, 0.25) is 0 Å². The van der Waals surface area contributed by atoms with Gasteiger partial charge in [-0.2, -0.15) is 8.42 Å². The molecule has 10 heteroatoms. The summed E-state index contributed by atoms with van der Waals surface area (Å²) in [5, 5.41) is 2.06. The molecule has 32 heavy (non-hydrogen) atoms. The van der Waals surface area contributed by atoms with Crippen LogP contribution in [-0.2, 0) is 26.0 Å². The number of nitrogens with zero attached hydrogens (tertiary/aromatic N) is 2. The molecule has 0 aliphatic carbocycles. The van der Waals surface area contributed by atoms with Crippen LogP contribution in [0.15, 0.2) is 57.8 Å². The molecule has 1 N–H and O–H groups in total. The lowest BCUT2D eigenvalue weighted by atomic mass is 10.2. The van der Waals surface area contributed by atoms with Gasteiger partial charge in [0.05, 0.1) is 12.0 Å². The highest BCUT2D eigenvalue weighted by Crippen LogP contribution is 2.31. The van der Waals surface area contributed by atoms with Crippen molar-refractivity contribution in [2.24, 2.45) is 4.40 Å². The SMILES string of the molecule is CCc1ccc(S(=O)(=O)/N=C2/SC(CC(=O)Nc3cccc(OC)c3)C(=O)N2CC)cc1. The fourth-order valence-electron chi connectivity index (χ4n) is 3.13. The molecular formula is C22H25N3O5S2. The number of aryl methyl sites for hydroxylation is 1. The second kappa shape index (κ2) is 10.2. The number of hydrogen-bond acceptors (Lipinski definition) is 6. The van der Waals surface area contributed by atoms with E-state index in [1.54, 1.807) is 43.3 Å². The number of nitrogens with one attached hydrogen (secondary N) is 1. The maximum atomic E-state index is 12.8. The summed E-state index contributed by atoms with van der Waals surface area (Å²) in [6.45, 7) is 3.96. The van der Waals surface area contributed by atoms with Crippen molar-refractivity contribution in [3.05, 3.63) is 54.1 Å². The summed E-state index contributed by atoms with van der Waals surface area (Å²) in [5.74, 6) is -0.106. The summed E-state index contributed by atoms with van der Waals surface area (Å²) in [6.07, 6.45) is 0.684. The molecule has 0 bridgehead atoms. The number of methoxy groups -OCH3 is 1. The van der Waals surface area contributed by atoms with Crippen molar-refractivity contribution in [3.63, 3.8) is 0 Å². The van der Waals surface area contributed by atoms with Gasteiger partial charge in [0.25, 0.3) is 10.0 Å². The van der Waals surface area contributed by atoms with Crippen LogP contribution >= 0.6 is 11.8 Å². The van der Waals surface area contributed by atoms with Gasteiger partial charge in [0.2, 0.25) is 11.8 Å². The molecule has 3 rings (SSSR count). The summed E-state index contributed by atoms with van der Waals surface area (Å²) in [5.41, 5.74) is 1.56. The van der Waals surface area contributed by atoms with Gasteiger partial charge in [-0.25, -0.2) is 0 Å². The molecule has 2 aromatic carbocycles. The van der Waals surface area contributed by atoms with Crippen molar-refractivity contribution < 1.29 is 22.7 Å². The average Bonchev–Trinajstić information content (AvgIpc) is 3.06. The summed E-state index contributed by atoms with van der Waals surface area (Å²) >= 11 is 0.989. The molecular weight excluding hydrogens is 450 g/mol. The highest BCUT2D eigenvalue weighted by Gasteiger charge is 2.39. The molecule has 0 saturated carbocycles. The zero-order valence-electron chi connectivity index (χ0n) is 18.1. The van der Waals surface area contributed by atoms with E-state index in [-0.39, 0.29) is 34.8 Å². The first-order chi connectivity index (χ1) is 15.3. The first-order valence-corrected chi connectivity index (χ1v) is 12.4. The van der Waals surface area contributed by atoms with Crippen LogP contribution in [0.25, 0.3) is 0 Å². The number of sulfonamides is 1. The minimum absolute atomic E-state index is 0.0607. The molecule has 0 aromatic heterocycles. The Morgan fingerprint density at radius 3 is 2.53 bits per heavy atom. The van der Waals surface area contributed by atoms with Gasteiger partial charge in [0.1, 0.15) is 11.0 Å². The Morgan fingerprint density at radius 1 is 1.19 bits per heavy atom. The monoisotopic (exact) mass is 475 g/mol. The Bertz CT molecular complexity index is 1130. The highest BCUT2D eigenvalue weighted by atomic mass is 32.2. The number of amidine groups is 1. The molecule has 2 aromatic rings. The molecule has 1 atom stereocenters. The lowest BCUT2D eigenvalue weighted by molar-refractivity contribution is -0.128. The predicted octanol–water partition coefficient (Wildman–Crippen LogP) is 3.30. The number of rotatable bonds is 8. The number of ether oxygens (including phenoxy) is 1. The summed E-state index contributed by atoms with van der Waals surface area (Å²) in [4.78, 5) is 26.6. The van der Waals surface area contributed by atoms with Crippen molar-refractivity contribution in [3.8, 4) is 5.75 Å². The van der Waals surface area contributed by atoms with E-state index in [1.807, 2.05) is 6.92 Å². The van der Waals surface area contributed by atoms with Crippen molar-refractivity contribution >= 4 is 44.5 Å². The first kappa shape index (κ1) is 23.8. The molecule has 1 heterocycles. The van der Waals surface area contributed by atoms with Gasteiger partial charge in [-0.15, -0.1) is 4.40 Å². The van der Waals surface area contributed by atoms with Crippen LogP contribution < -0.4 is 10.1 Å². The number of benzene rings is 2. The van der Waals surface area contributed by atoms with Crippen molar-refractivity contribution in [1.29, 1.82) is 0 Å². The topological polar surface area (TPSA) is 105 Å². The fourth-order valence-corrected chi connectivity index (χ4v) is 5.55. The number of carbonyl (C=O) groups excluding carboxylic acids is 2. The van der Waals surface area contributed by atoms with Crippen LogP contribution in [0.5, 0.6) is 5.75 Å². The van der Waals surface area contributed by atoms with E-state index in [0.717, 1.165) is 23.7 Å². The normalized spacial score (nSPS) is 17.6. The molecule has 0 spiro atoms.